The number of carbonyl (C=O) groups is 1. The first kappa shape index (κ1) is 15.9. The van der Waals surface area contributed by atoms with Crippen molar-refractivity contribution in [2.24, 2.45) is 0 Å². The summed E-state index contributed by atoms with van der Waals surface area (Å²) >= 11 is 1.63. The maximum absolute atomic E-state index is 11.8. The first-order valence-corrected chi connectivity index (χ1v) is 7.76. The van der Waals surface area contributed by atoms with E-state index in [0.717, 1.165) is 10.6 Å². The van der Waals surface area contributed by atoms with Crippen LogP contribution in [0.15, 0.2) is 53.4 Å². The average molecular weight is 312 g/mol. The number of methoxy groups -OCH3 is 1. The zero-order valence-corrected chi connectivity index (χ0v) is 13.0. The predicted molar refractivity (Wildman–Crippen MR) is 88.1 cm³/mol. The highest BCUT2D eigenvalue weighted by molar-refractivity contribution is 7.99. The molecule has 22 heavy (non-hydrogen) atoms. The van der Waals surface area contributed by atoms with E-state index in [1.165, 1.54) is 0 Å². The number of ether oxygens (including phenoxy) is 1. The lowest BCUT2D eigenvalue weighted by Gasteiger charge is -2.06. The van der Waals surface area contributed by atoms with E-state index in [4.69, 9.17) is 10.00 Å². The van der Waals surface area contributed by atoms with Crippen LogP contribution in [-0.4, -0.2) is 18.8 Å². The van der Waals surface area contributed by atoms with Crippen LogP contribution in [0, 0.1) is 11.3 Å². The van der Waals surface area contributed by atoms with Gasteiger partial charge in [0.05, 0.1) is 18.7 Å². The Kier molecular flexibility index (Phi) is 5.87. The summed E-state index contributed by atoms with van der Waals surface area (Å²) in [7, 11) is 1.63. The molecule has 0 atom stereocenters. The fraction of sp³-hybridized carbons (Fsp3) is 0.176. The number of carbonyl (C=O) groups excluding carboxylic acids is 1. The van der Waals surface area contributed by atoms with Crippen molar-refractivity contribution >= 4 is 23.4 Å². The SMILES string of the molecule is COc1ccc(SCCC(=O)Nc2ccc(C#N)cc2)cc1. The van der Waals surface area contributed by atoms with E-state index in [-0.39, 0.29) is 5.91 Å². The second kappa shape index (κ2) is 8.11. The molecule has 0 unspecified atom stereocenters. The largest absolute Gasteiger partial charge is 0.497 e. The number of rotatable bonds is 6. The summed E-state index contributed by atoms with van der Waals surface area (Å²) in [6.07, 6.45) is 0.427. The van der Waals surface area contributed by atoms with E-state index >= 15 is 0 Å². The summed E-state index contributed by atoms with van der Waals surface area (Å²) in [6.45, 7) is 0. The molecule has 0 saturated heterocycles. The van der Waals surface area contributed by atoms with E-state index in [1.54, 1.807) is 43.1 Å². The summed E-state index contributed by atoms with van der Waals surface area (Å²) < 4.78 is 5.10. The van der Waals surface area contributed by atoms with E-state index in [0.29, 0.717) is 23.4 Å². The molecule has 0 aromatic heterocycles. The molecule has 0 fully saturated rings. The Morgan fingerprint density at radius 2 is 1.86 bits per heavy atom. The number of anilines is 1. The minimum atomic E-state index is -0.0364. The molecular formula is C17H16N2O2S. The van der Waals surface area contributed by atoms with Crippen molar-refractivity contribution in [3.63, 3.8) is 0 Å². The quantitative estimate of drug-likeness (QED) is 0.826. The number of nitrogens with one attached hydrogen (secondary N) is 1. The average Bonchev–Trinajstić information content (AvgIpc) is 2.56. The van der Waals surface area contributed by atoms with Gasteiger partial charge in [-0.05, 0) is 48.5 Å². The van der Waals surface area contributed by atoms with Gasteiger partial charge >= 0.3 is 0 Å². The smallest absolute Gasteiger partial charge is 0.225 e. The second-order valence-corrected chi connectivity index (χ2v) is 5.68. The molecule has 1 amide bonds. The molecule has 1 N–H and O–H groups in total. The first-order chi connectivity index (χ1) is 10.7. The van der Waals surface area contributed by atoms with Gasteiger partial charge in [0.15, 0.2) is 0 Å². The maximum Gasteiger partial charge on any atom is 0.225 e. The fourth-order valence-electron chi connectivity index (χ4n) is 1.79. The van der Waals surface area contributed by atoms with Crippen LogP contribution in [0.3, 0.4) is 0 Å². The molecule has 0 bridgehead atoms. The monoisotopic (exact) mass is 312 g/mol. The molecular weight excluding hydrogens is 296 g/mol. The Bertz CT molecular complexity index is 661. The third-order valence-corrected chi connectivity index (χ3v) is 3.97. The van der Waals surface area contributed by atoms with Gasteiger partial charge in [-0.3, -0.25) is 4.79 Å². The Morgan fingerprint density at radius 3 is 2.45 bits per heavy atom. The third-order valence-electron chi connectivity index (χ3n) is 2.96. The number of nitriles is 1. The minimum absolute atomic E-state index is 0.0364. The van der Waals surface area contributed by atoms with Gasteiger partial charge < -0.3 is 10.1 Å². The molecule has 4 nitrogen and oxygen atoms in total. The van der Waals surface area contributed by atoms with E-state index < -0.39 is 0 Å². The van der Waals surface area contributed by atoms with Crippen molar-refractivity contribution in [2.45, 2.75) is 11.3 Å². The molecule has 2 aromatic carbocycles. The summed E-state index contributed by atoms with van der Waals surface area (Å²) in [5, 5.41) is 11.5. The topological polar surface area (TPSA) is 62.1 Å². The molecule has 0 radical (unpaired) electrons. The minimum Gasteiger partial charge on any atom is -0.497 e. The predicted octanol–water partition coefficient (Wildman–Crippen LogP) is 3.69. The van der Waals surface area contributed by atoms with Crippen LogP contribution in [0.5, 0.6) is 5.75 Å². The molecule has 0 spiro atoms. The molecule has 0 heterocycles. The summed E-state index contributed by atoms with van der Waals surface area (Å²) in [5.74, 6) is 1.49. The van der Waals surface area contributed by atoms with Gasteiger partial charge in [-0.2, -0.15) is 5.26 Å². The van der Waals surface area contributed by atoms with Crippen molar-refractivity contribution in [2.75, 3.05) is 18.2 Å². The van der Waals surface area contributed by atoms with Gasteiger partial charge in [0.2, 0.25) is 5.91 Å². The lowest BCUT2D eigenvalue weighted by atomic mass is 10.2. The van der Waals surface area contributed by atoms with Gasteiger partial charge in [-0.1, -0.05) is 0 Å². The Balaban J connectivity index is 1.76. The third kappa shape index (κ3) is 4.83. The second-order valence-electron chi connectivity index (χ2n) is 4.51. The number of benzene rings is 2. The lowest BCUT2D eigenvalue weighted by molar-refractivity contribution is -0.115. The Morgan fingerprint density at radius 1 is 1.18 bits per heavy atom. The van der Waals surface area contributed by atoms with Crippen molar-refractivity contribution in [1.82, 2.24) is 0 Å². The van der Waals surface area contributed by atoms with Crippen LogP contribution in [-0.2, 0) is 4.79 Å². The zero-order valence-electron chi connectivity index (χ0n) is 12.2. The van der Waals surface area contributed by atoms with Gasteiger partial charge in [0.1, 0.15) is 5.75 Å². The van der Waals surface area contributed by atoms with Crippen molar-refractivity contribution in [3.8, 4) is 11.8 Å². The molecule has 0 saturated carbocycles. The van der Waals surface area contributed by atoms with E-state index in [1.807, 2.05) is 30.3 Å². The zero-order chi connectivity index (χ0) is 15.8. The van der Waals surface area contributed by atoms with Gasteiger partial charge in [0.25, 0.3) is 0 Å². The lowest BCUT2D eigenvalue weighted by Crippen LogP contribution is -2.12. The van der Waals surface area contributed by atoms with Crippen LogP contribution in [0.25, 0.3) is 0 Å². The first-order valence-electron chi connectivity index (χ1n) is 6.78. The molecule has 0 aliphatic carbocycles. The number of amides is 1. The Labute approximate surface area is 134 Å². The summed E-state index contributed by atoms with van der Waals surface area (Å²) in [4.78, 5) is 13.0. The van der Waals surface area contributed by atoms with Crippen molar-refractivity contribution in [3.05, 3.63) is 54.1 Å². The number of hydrogen-bond acceptors (Lipinski definition) is 4. The molecule has 112 valence electrons. The van der Waals surface area contributed by atoms with Crippen molar-refractivity contribution < 1.29 is 9.53 Å². The summed E-state index contributed by atoms with van der Waals surface area (Å²) in [6, 6.07) is 16.6. The van der Waals surface area contributed by atoms with E-state index in [9.17, 15) is 4.79 Å². The number of nitrogens with zero attached hydrogens (tertiary/aromatic N) is 1. The standard InChI is InChI=1S/C17H16N2O2S/c1-21-15-6-8-16(9-7-15)22-11-10-17(20)19-14-4-2-13(12-18)3-5-14/h2-9H,10-11H2,1H3,(H,19,20). The van der Waals surface area contributed by atoms with Gasteiger partial charge in [-0.15, -0.1) is 11.8 Å². The van der Waals surface area contributed by atoms with Gasteiger partial charge in [-0.25, -0.2) is 0 Å². The molecule has 5 heteroatoms. The fourth-order valence-corrected chi connectivity index (χ4v) is 2.64. The van der Waals surface area contributed by atoms with Crippen LogP contribution in [0.1, 0.15) is 12.0 Å². The van der Waals surface area contributed by atoms with Crippen LogP contribution in [0.2, 0.25) is 0 Å². The highest BCUT2D eigenvalue weighted by Gasteiger charge is 2.03. The Hall–Kier alpha value is -2.45. The maximum atomic E-state index is 11.8. The summed E-state index contributed by atoms with van der Waals surface area (Å²) in [5.41, 5.74) is 1.28. The van der Waals surface area contributed by atoms with E-state index in [2.05, 4.69) is 5.32 Å². The molecule has 2 rings (SSSR count). The van der Waals surface area contributed by atoms with Crippen LogP contribution < -0.4 is 10.1 Å². The highest BCUT2D eigenvalue weighted by Crippen LogP contribution is 2.22. The molecule has 2 aromatic rings. The number of thioether (sulfide) groups is 1. The van der Waals surface area contributed by atoms with Crippen LogP contribution in [0.4, 0.5) is 5.69 Å². The molecule has 0 aliphatic rings. The van der Waals surface area contributed by atoms with Gasteiger partial charge in [0, 0.05) is 22.8 Å². The number of hydrogen-bond donors (Lipinski definition) is 1. The van der Waals surface area contributed by atoms with Crippen molar-refractivity contribution in [1.29, 1.82) is 5.26 Å². The molecule has 0 aliphatic heterocycles. The normalized spacial score (nSPS) is 9.82. The highest BCUT2D eigenvalue weighted by atomic mass is 32.2. The van der Waals surface area contributed by atoms with Crippen LogP contribution >= 0.6 is 11.8 Å².